The Morgan fingerprint density at radius 1 is 0.882 bits per heavy atom. The van der Waals surface area contributed by atoms with Crippen molar-refractivity contribution in [2.45, 2.75) is 4.90 Å². The van der Waals surface area contributed by atoms with Gasteiger partial charge in [-0.25, -0.2) is 8.42 Å². The smallest absolute Gasteiger partial charge is 0.261 e. The number of nitrogens with zero attached hydrogens (tertiary/aromatic N) is 2. The summed E-state index contributed by atoms with van der Waals surface area (Å²) in [7, 11) is -3.91. The highest BCUT2D eigenvalue weighted by atomic mass is 32.2. The van der Waals surface area contributed by atoms with Crippen molar-refractivity contribution >= 4 is 27.3 Å². The first-order valence-electron chi connectivity index (χ1n) is 10.7. The molecule has 10 heteroatoms. The van der Waals surface area contributed by atoms with E-state index in [0.717, 1.165) is 5.69 Å². The normalized spacial score (nSPS) is 15.3. The highest BCUT2D eigenvalue weighted by Gasteiger charge is 2.24. The number of carbonyl (C=O) groups is 1. The number of hydrogen-bond donors (Lipinski definition) is 2. The van der Waals surface area contributed by atoms with Crippen LogP contribution in [0.3, 0.4) is 0 Å². The van der Waals surface area contributed by atoms with E-state index in [1.165, 1.54) is 12.1 Å². The van der Waals surface area contributed by atoms with Crippen molar-refractivity contribution in [3.05, 3.63) is 72.3 Å². The number of amides is 1. The minimum atomic E-state index is -3.91. The van der Waals surface area contributed by atoms with Gasteiger partial charge >= 0.3 is 0 Å². The zero-order valence-corrected chi connectivity index (χ0v) is 19.0. The number of sulfonamides is 1. The van der Waals surface area contributed by atoms with Crippen LogP contribution < -0.4 is 19.1 Å². The third kappa shape index (κ3) is 4.44. The number of nitrogens with one attached hydrogen (secondary N) is 1. The second-order valence-corrected chi connectivity index (χ2v) is 9.68. The molecular weight excluding hydrogens is 458 g/mol. The number of ether oxygens (including phenoxy) is 2. The van der Waals surface area contributed by atoms with Crippen LogP contribution in [0, 0.1) is 0 Å². The fraction of sp³-hybridized carbons (Fsp3) is 0.208. The van der Waals surface area contributed by atoms with Gasteiger partial charge in [-0.3, -0.25) is 9.52 Å². The molecule has 1 amide bonds. The minimum Gasteiger partial charge on any atom is -0.508 e. The molecule has 3 aromatic rings. The number of benzene rings is 3. The lowest BCUT2D eigenvalue weighted by Gasteiger charge is -2.36. The highest BCUT2D eigenvalue weighted by Crippen LogP contribution is 2.35. The molecule has 0 saturated carbocycles. The molecule has 0 aliphatic carbocycles. The second-order valence-electron chi connectivity index (χ2n) is 8.00. The molecule has 176 valence electrons. The number of piperazine rings is 1. The van der Waals surface area contributed by atoms with Gasteiger partial charge in [0.05, 0.1) is 10.6 Å². The summed E-state index contributed by atoms with van der Waals surface area (Å²) in [6.07, 6.45) is 0. The van der Waals surface area contributed by atoms with Crippen molar-refractivity contribution in [3.8, 4) is 17.2 Å². The van der Waals surface area contributed by atoms with E-state index in [0.29, 0.717) is 48.9 Å². The molecule has 2 aliphatic rings. The molecule has 0 radical (unpaired) electrons. The Bertz CT molecular complexity index is 1320. The summed E-state index contributed by atoms with van der Waals surface area (Å²) in [4.78, 5) is 16.9. The Labute approximate surface area is 197 Å². The summed E-state index contributed by atoms with van der Waals surface area (Å²) >= 11 is 0. The van der Waals surface area contributed by atoms with Crippen LogP contribution in [0.1, 0.15) is 10.4 Å². The summed E-state index contributed by atoms with van der Waals surface area (Å²) in [6.45, 7) is 2.39. The lowest BCUT2D eigenvalue weighted by molar-refractivity contribution is 0.0746. The minimum absolute atomic E-state index is 0.00116. The topological polar surface area (TPSA) is 108 Å². The maximum Gasteiger partial charge on any atom is 0.261 e. The molecule has 2 N–H and O–H groups in total. The van der Waals surface area contributed by atoms with Gasteiger partial charge in [-0.15, -0.1) is 0 Å². The van der Waals surface area contributed by atoms with Gasteiger partial charge in [0.2, 0.25) is 6.79 Å². The lowest BCUT2D eigenvalue weighted by Crippen LogP contribution is -2.48. The number of hydrogen-bond acceptors (Lipinski definition) is 7. The van der Waals surface area contributed by atoms with E-state index >= 15 is 0 Å². The predicted molar refractivity (Wildman–Crippen MR) is 126 cm³/mol. The second kappa shape index (κ2) is 8.79. The van der Waals surface area contributed by atoms with E-state index in [-0.39, 0.29) is 23.3 Å². The summed E-state index contributed by atoms with van der Waals surface area (Å²) in [5, 5.41) is 9.47. The van der Waals surface area contributed by atoms with Gasteiger partial charge in [-0.2, -0.15) is 0 Å². The van der Waals surface area contributed by atoms with Gasteiger partial charge in [-0.1, -0.05) is 6.07 Å². The first-order valence-corrected chi connectivity index (χ1v) is 12.2. The predicted octanol–water partition coefficient (Wildman–Crippen LogP) is 2.88. The first kappa shape index (κ1) is 21.9. The van der Waals surface area contributed by atoms with Crippen LogP contribution >= 0.6 is 0 Å². The van der Waals surface area contributed by atoms with Gasteiger partial charge in [0.1, 0.15) is 5.75 Å². The monoisotopic (exact) mass is 481 g/mol. The number of phenolic OH excluding ortho intramolecular Hbond substituents is 1. The van der Waals surface area contributed by atoms with Crippen LogP contribution in [0.5, 0.6) is 17.2 Å². The fourth-order valence-corrected chi connectivity index (χ4v) is 5.08. The quantitative estimate of drug-likeness (QED) is 0.577. The summed E-state index contributed by atoms with van der Waals surface area (Å²) in [5.74, 6) is 1.02. The van der Waals surface area contributed by atoms with Crippen molar-refractivity contribution < 1.29 is 27.8 Å². The Balaban J connectivity index is 1.27. The SMILES string of the molecule is O=C(c1cccc(S(=O)(=O)Nc2ccc3c(c2)OCO3)c1)N1CCN(c2ccc(O)cc2)CC1. The van der Waals surface area contributed by atoms with Crippen molar-refractivity contribution in [2.75, 3.05) is 42.6 Å². The molecule has 0 atom stereocenters. The lowest BCUT2D eigenvalue weighted by atomic mass is 10.1. The van der Waals surface area contributed by atoms with E-state index < -0.39 is 10.0 Å². The first-order chi connectivity index (χ1) is 16.4. The molecule has 3 aromatic carbocycles. The molecule has 0 unspecified atom stereocenters. The number of rotatable bonds is 5. The number of carbonyl (C=O) groups excluding carboxylic acids is 1. The van der Waals surface area contributed by atoms with Crippen LogP contribution in [0.25, 0.3) is 0 Å². The Morgan fingerprint density at radius 2 is 1.62 bits per heavy atom. The van der Waals surface area contributed by atoms with Crippen molar-refractivity contribution in [1.82, 2.24) is 4.90 Å². The molecule has 34 heavy (non-hydrogen) atoms. The zero-order valence-electron chi connectivity index (χ0n) is 18.2. The average molecular weight is 482 g/mol. The molecule has 0 spiro atoms. The maximum atomic E-state index is 13.1. The van der Waals surface area contributed by atoms with E-state index in [1.807, 2.05) is 12.1 Å². The van der Waals surface area contributed by atoms with Crippen LogP contribution in [-0.4, -0.2) is 57.3 Å². The standard InChI is InChI=1S/C24H23N3O6S/c28-20-7-5-19(6-8-20)26-10-12-27(13-11-26)24(29)17-2-1-3-21(14-17)34(30,31)25-18-4-9-22-23(15-18)33-16-32-22/h1-9,14-15,25,28H,10-13,16H2. The van der Waals surface area contributed by atoms with Crippen molar-refractivity contribution in [3.63, 3.8) is 0 Å². The Hall–Kier alpha value is -3.92. The van der Waals surface area contributed by atoms with Gasteiger partial charge in [0.25, 0.3) is 15.9 Å². The molecule has 9 nitrogen and oxygen atoms in total. The van der Waals surface area contributed by atoms with Crippen LogP contribution in [0.4, 0.5) is 11.4 Å². The Kier molecular flexibility index (Phi) is 5.66. The van der Waals surface area contributed by atoms with Crippen molar-refractivity contribution in [1.29, 1.82) is 0 Å². The number of fused-ring (bicyclic) bond motifs is 1. The Morgan fingerprint density at radius 3 is 2.38 bits per heavy atom. The maximum absolute atomic E-state index is 13.1. The fourth-order valence-electron chi connectivity index (χ4n) is 3.98. The largest absolute Gasteiger partial charge is 0.508 e. The van der Waals surface area contributed by atoms with E-state index in [2.05, 4.69) is 9.62 Å². The molecule has 2 aliphatic heterocycles. The molecule has 5 rings (SSSR count). The number of anilines is 2. The highest BCUT2D eigenvalue weighted by molar-refractivity contribution is 7.92. The number of phenols is 1. The van der Waals surface area contributed by atoms with Gasteiger partial charge in [-0.05, 0) is 54.6 Å². The average Bonchev–Trinajstić information content (AvgIpc) is 3.32. The summed E-state index contributed by atoms with van der Waals surface area (Å²) in [6, 6.07) is 17.8. The molecule has 1 saturated heterocycles. The van der Waals surface area contributed by atoms with E-state index in [4.69, 9.17) is 9.47 Å². The molecule has 0 aromatic heterocycles. The van der Waals surface area contributed by atoms with Gasteiger partial charge < -0.3 is 24.4 Å². The van der Waals surface area contributed by atoms with Gasteiger partial charge in [0.15, 0.2) is 11.5 Å². The molecule has 0 bridgehead atoms. The summed E-state index contributed by atoms with van der Waals surface area (Å²) in [5.41, 5.74) is 1.63. The van der Waals surface area contributed by atoms with Crippen molar-refractivity contribution in [2.24, 2.45) is 0 Å². The van der Waals surface area contributed by atoms with Crippen LogP contribution in [-0.2, 0) is 10.0 Å². The van der Waals surface area contributed by atoms with Crippen LogP contribution in [0.15, 0.2) is 71.6 Å². The number of aromatic hydroxyl groups is 1. The van der Waals surface area contributed by atoms with E-state index in [1.54, 1.807) is 47.4 Å². The molecule has 2 heterocycles. The van der Waals surface area contributed by atoms with Gasteiger partial charge in [0, 0.05) is 43.5 Å². The molecular formula is C24H23N3O6S. The molecule has 1 fully saturated rings. The third-order valence-electron chi connectivity index (χ3n) is 5.80. The zero-order chi connectivity index (χ0) is 23.7. The van der Waals surface area contributed by atoms with Crippen LogP contribution in [0.2, 0.25) is 0 Å². The third-order valence-corrected chi connectivity index (χ3v) is 7.18. The summed E-state index contributed by atoms with van der Waals surface area (Å²) < 4.78 is 39.0. The van der Waals surface area contributed by atoms with E-state index in [9.17, 15) is 18.3 Å².